The van der Waals surface area contributed by atoms with Crippen LogP contribution in [-0.4, -0.2) is 23.4 Å². The van der Waals surface area contributed by atoms with Crippen LogP contribution in [0, 0.1) is 11.6 Å². The van der Waals surface area contributed by atoms with Crippen LogP contribution in [0.2, 0.25) is 0 Å². The summed E-state index contributed by atoms with van der Waals surface area (Å²) in [5, 5.41) is 6.64. The van der Waals surface area contributed by atoms with Crippen molar-refractivity contribution in [1.29, 1.82) is 0 Å². The molecule has 0 atom stereocenters. The van der Waals surface area contributed by atoms with Crippen LogP contribution in [0.3, 0.4) is 0 Å². The fourth-order valence-electron chi connectivity index (χ4n) is 1.39. The van der Waals surface area contributed by atoms with E-state index in [9.17, 15) is 17.2 Å². The van der Waals surface area contributed by atoms with E-state index in [-0.39, 0.29) is 9.63 Å². The van der Waals surface area contributed by atoms with Gasteiger partial charge in [0.25, 0.3) is 10.0 Å². The highest BCUT2D eigenvalue weighted by Crippen LogP contribution is 2.24. The first-order valence-corrected chi connectivity index (χ1v) is 7.12. The normalized spacial score (nSPS) is 11.6. The largest absolute Gasteiger partial charge is 0.282 e. The molecule has 1 aromatic heterocycles. The first kappa shape index (κ1) is 13.9. The van der Waals surface area contributed by atoms with Crippen molar-refractivity contribution in [3.63, 3.8) is 0 Å². The van der Waals surface area contributed by atoms with Crippen LogP contribution in [0.25, 0.3) is 0 Å². The molecule has 1 N–H and O–H groups in total. The second-order valence-corrected chi connectivity index (χ2v) is 5.86. The first-order chi connectivity index (χ1) is 8.83. The Morgan fingerprint density at radius 3 is 2.37 bits per heavy atom. The zero-order valence-electron chi connectivity index (χ0n) is 9.43. The quantitative estimate of drug-likeness (QED) is 0.911. The molecule has 0 fully saturated rings. The maximum atomic E-state index is 13.4. The molecule has 0 amide bonds. The highest BCUT2D eigenvalue weighted by atomic mass is 79.9. The molecule has 0 bridgehead atoms. The highest BCUT2D eigenvalue weighted by molar-refractivity contribution is 9.10. The molecule has 0 unspecified atom stereocenters. The molecule has 1 aromatic carbocycles. The van der Waals surface area contributed by atoms with E-state index in [0.717, 1.165) is 22.9 Å². The number of nitrogens with one attached hydrogen (secondary N) is 1. The molecule has 0 saturated carbocycles. The summed E-state index contributed by atoms with van der Waals surface area (Å²) in [6.45, 7) is 0. The Balaban J connectivity index is 2.49. The molecule has 2 rings (SSSR count). The van der Waals surface area contributed by atoms with Crippen molar-refractivity contribution in [3.05, 3.63) is 34.4 Å². The number of hydrogen-bond donors (Lipinski definition) is 1. The third-order valence-corrected chi connectivity index (χ3v) is 4.43. The predicted molar refractivity (Wildman–Crippen MR) is 65.9 cm³/mol. The minimum absolute atomic E-state index is 0.0563. The number of nitrogens with zero attached hydrogens (tertiary/aromatic N) is 3. The number of para-hydroxylation sites is 1. The monoisotopic (exact) mass is 352 g/mol. The number of benzene rings is 1. The Morgan fingerprint density at radius 1 is 1.32 bits per heavy atom. The van der Waals surface area contributed by atoms with E-state index >= 15 is 0 Å². The predicted octanol–water partition coefficient (Wildman–Crippen LogP) is 1.66. The summed E-state index contributed by atoms with van der Waals surface area (Å²) in [7, 11) is -2.88. The summed E-state index contributed by atoms with van der Waals surface area (Å²) < 4.78 is 53.6. The molecular weight excluding hydrogens is 346 g/mol. The van der Waals surface area contributed by atoms with Gasteiger partial charge in [0.15, 0.2) is 4.60 Å². The van der Waals surface area contributed by atoms with Crippen LogP contribution in [0.15, 0.2) is 27.8 Å². The van der Waals surface area contributed by atoms with E-state index in [1.165, 1.54) is 7.05 Å². The van der Waals surface area contributed by atoms with Gasteiger partial charge in [-0.05, 0) is 28.1 Å². The molecule has 2 aromatic rings. The van der Waals surface area contributed by atoms with Crippen molar-refractivity contribution in [2.45, 2.75) is 5.03 Å². The van der Waals surface area contributed by atoms with Gasteiger partial charge >= 0.3 is 0 Å². The summed E-state index contributed by atoms with van der Waals surface area (Å²) in [6, 6.07) is 3.01. The Morgan fingerprint density at radius 2 is 1.89 bits per heavy atom. The van der Waals surface area contributed by atoms with Gasteiger partial charge in [-0.2, -0.15) is 8.42 Å². The van der Waals surface area contributed by atoms with Gasteiger partial charge in [-0.25, -0.2) is 13.5 Å². The number of aryl methyl sites for hydroxylation is 1. The maximum Gasteiger partial charge on any atom is 0.282 e. The van der Waals surface area contributed by atoms with Crippen molar-refractivity contribution in [2.75, 3.05) is 4.72 Å². The molecule has 6 nitrogen and oxygen atoms in total. The molecule has 0 aliphatic heterocycles. The Kier molecular flexibility index (Phi) is 3.54. The average Bonchev–Trinajstić information content (AvgIpc) is 2.64. The number of sulfonamides is 1. The molecule has 102 valence electrons. The number of rotatable bonds is 3. The Hall–Kier alpha value is -1.55. The van der Waals surface area contributed by atoms with Gasteiger partial charge in [-0.3, -0.25) is 4.72 Å². The van der Waals surface area contributed by atoms with Crippen molar-refractivity contribution in [1.82, 2.24) is 15.0 Å². The number of anilines is 1. The summed E-state index contributed by atoms with van der Waals surface area (Å²) in [5.41, 5.74) is -0.754. The van der Waals surface area contributed by atoms with Crippen LogP contribution in [0.5, 0.6) is 0 Å². The van der Waals surface area contributed by atoms with Crippen LogP contribution in [0.4, 0.5) is 14.5 Å². The fraction of sp³-hybridized carbons (Fsp3) is 0.111. The van der Waals surface area contributed by atoms with Crippen LogP contribution in [-0.2, 0) is 17.1 Å². The van der Waals surface area contributed by atoms with Crippen molar-refractivity contribution in [2.24, 2.45) is 7.05 Å². The maximum absolute atomic E-state index is 13.4. The zero-order valence-corrected chi connectivity index (χ0v) is 11.8. The second-order valence-electron chi connectivity index (χ2n) is 3.51. The van der Waals surface area contributed by atoms with Gasteiger partial charge in [-0.15, -0.1) is 5.10 Å². The van der Waals surface area contributed by atoms with Crippen LogP contribution in [0.1, 0.15) is 0 Å². The molecule has 0 aliphatic carbocycles. The van der Waals surface area contributed by atoms with E-state index in [4.69, 9.17) is 0 Å². The van der Waals surface area contributed by atoms with Crippen LogP contribution < -0.4 is 4.72 Å². The summed E-state index contributed by atoms with van der Waals surface area (Å²) in [5.74, 6) is -2.04. The van der Waals surface area contributed by atoms with Crippen molar-refractivity contribution in [3.8, 4) is 0 Å². The Bertz CT molecular complexity index is 692. The number of aromatic nitrogens is 3. The molecule has 19 heavy (non-hydrogen) atoms. The summed E-state index contributed by atoms with van der Waals surface area (Å²) in [4.78, 5) is 0. The van der Waals surface area contributed by atoms with Crippen LogP contribution >= 0.6 is 15.9 Å². The third kappa shape index (κ3) is 2.59. The molecule has 0 radical (unpaired) electrons. The van der Waals surface area contributed by atoms with E-state index in [0.29, 0.717) is 0 Å². The second kappa shape index (κ2) is 4.85. The molecule has 10 heteroatoms. The molecule has 1 heterocycles. The van der Waals surface area contributed by atoms with Gasteiger partial charge < -0.3 is 0 Å². The van der Waals surface area contributed by atoms with Gasteiger partial charge in [0.1, 0.15) is 17.3 Å². The molecule has 0 aliphatic rings. The van der Waals surface area contributed by atoms with Gasteiger partial charge in [-0.1, -0.05) is 11.3 Å². The van der Waals surface area contributed by atoms with Gasteiger partial charge in [0.05, 0.1) is 0 Å². The van der Waals surface area contributed by atoms with Gasteiger partial charge in [0, 0.05) is 7.05 Å². The lowest BCUT2D eigenvalue weighted by molar-refractivity contribution is 0.571. The summed E-state index contributed by atoms with van der Waals surface area (Å²) >= 11 is 2.90. The average molecular weight is 353 g/mol. The van der Waals surface area contributed by atoms with E-state index in [2.05, 4.69) is 26.2 Å². The van der Waals surface area contributed by atoms with Crippen molar-refractivity contribution < 1.29 is 17.2 Å². The third-order valence-electron chi connectivity index (χ3n) is 2.19. The van der Waals surface area contributed by atoms with E-state index in [1.807, 2.05) is 4.72 Å². The minimum atomic E-state index is -4.22. The van der Waals surface area contributed by atoms with E-state index < -0.39 is 27.3 Å². The minimum Gasteiger partial charge on any atom is -0.272 e. The number of halogens is 3. The molecule has 0 saturated heterocycles. The first-order valence-electron chi connectivity index (χ1n) is 4.85. The lowest BCUT2D eigenvalue weighted by Gasteiger charge is -2.09. The molecule has 0 spiro atoms. The SMILES string of the molecule is Cn1nnc(Br)c1S(=O)(=O)Nc1c(F)cccc1F. The fourth-order valence-corrected chi connectivity index (χ4v) is 3.56. The highest BCUT2D eigenvalue weighted by Gasteiger charge is 2.26. The molecular formula is C9H7BrF2N4O2S. The smallest absolute Gasteiger partial charge is 0.272 e. The topological polar surface area (TPSA) is 76.9 Å². The standard InChI is InChI=1S/C9H7BrF2N4O2S/c1-16-9(8(10)13-15-16)19(17,18)14-7-5(11)3-2-4-6(7)12/h2-4,14H,1H3. The zero-order chi connectivity index (χ0) is 14.2. The lowest BCUT2D eigenvalue weighted by atomic mass is 10.3. The van der Waals surface area contributed by atoms with Gasteiger partial charge in [0.2, 0.25) is 5.03 Å². The van der Waals surface area contributed by atoms with E-state index in [1.54, 1.807) is 0 Å². The lowest BCUT2D eigenvalue weighted by Crippen LogP contribution is -2.18. The van der Waals surface area contributed by atoms with Crippen molar-refractivity contribution >= 4 is 31.6 Å². The Labute approximate surface area is 115 Å². The number of hydrogen-bond acceptors (Lipinski definition) is 4. The summed E-state index contributed by atoms with van der Waals surface area (Å²) in [6.07, 6.45) is 0.